The average Bonchev–Trinajstić information content (AvgIpc) is 2.29. The van der Waals surface area contributed by atoms with E-state index in [4.69, 9.17) is 11.6 Å². The van der Waals surface area contributed by atoms with Crippen LogP contribution >= 0.6 is 11.6 Å². The van der Waals surface area contributed by atoms with Gasteiger partial charge < -0.3 is 0 Å². The molecule has 0 N–H and O–H groups in total. The largest absolute Gasteiger partial charge is 0.287 e. The minimum atomic E-state index is -0.646. The van der Waals surface area contributed by atoms with Gasteiger partial charge in [0.15, 0.2) is 5.82 Å². The third-order valence-electron chi connectivity index (χ3n) is 2.09. The van der Waals surface area contributed by atoms with Crippen molar-refractivity contribution in [1.82, 2.24) is 4.98 Å². The number of ketones is 1. The van der Waals surface area contributed by atoms with Crippen molar-refractivity contribution in [3.8, 4) is 0 Å². The van der Waals surface area contributed by atoms with Gasteiger partial charge in [-0.2, -0.15) is 0 Å². The van der Waals surface area contributed by atoms with Gasteiger partial charge in [-0.3, -0.25) is 4.79 Å². The molecule has 1 aromatic carbocycles. The second-order valence-corrected chi connectivity index (χ2v) is 3.55. The Balaban J connectivity index is 2.48. The van der Waals surface area contributed by atoms with E-state index in [1.165, 1.54) is 18.3 Å². The van der Waals surface area contributed by atoms with Gasteiger partial charge in [0, 0.05) is 11.8 Å². The van der Waals surface area contributed by atoms with Crippen molar-refractivity contribution < 1.29 is 9.18 Å². The highest BCUT2D eigenvalue weighted by molar-refractivity contribution is 6.34. The Labute approximate surface area is 96.7 Å². The lowest BCUT2D eigenvalue weighted by Crippen LogP contribution is -2.07. The van der Waals surface area contributed by atoms with Crippen LogP contribution in [0.15, 0.2) is 42.6 Å². The summed E-state index contributed by atoms with van der Waals surface area (Å²) in [6.07, 6.45) is 1.37. The zero-order valence-electron chi connectivity index (χ0n) is 8.15. The molecule has 16 heavy (non-hydrogen) atoms. The molecule has 2 aromatic rings. The maximum atomic E-state index is 13.3. The van der Waals surface area contributed by atoms with Crippen LogP contribution in [0, 0.1) is 5.82 Å². The van der Waals surface area contributed by atoms with Crippen molar-refractivity contribution in [2.75, 3.05) is 0 Å². The van der Waals surface area contributed by atoms with Gasteiger partial charge in [-0.15, -0.1) is 0 Å². The third kappa shape index (κ3) is 1.95. The van der Waals surface area contributed by atoms with Crippen LogP contribution in [0.2, 0.25) is 5.02 Å². The van der Waals surface area contributed by atoms with Crippen LogP contribution in [0.25, 0.3) is 0 Å². The zero-order chi connectivity index (χ0) is 11.5. The molecular formula is C12H7ClFNO. The van der Waals surface area contributed by atoms with Crippen LogP contribution in [0.5, 0.6) is 0 Å². The molecule has 0 fully saturated rings. The summed E-state index contributed by atoms with van der Waals surface area (Å²) in [5, 5.41) is 0.289. The monoisotopic (exact) mass is 235 g/mol. The molecule has 2 nitrogen and oxygen atoms in total. The van der Waals surface area contributed by atoms with Crippen LogP contribution in [-0.2, 0) is 0 Å². The highest BCUT2D eigenvalue weighted by Gasteiger charge is 2.17. The fourth-order valence-corrected chi connectivity index (χ4v) is 1.55. The van der Waals surface area contributed by atoms with Crippen LogP contribution in [-0.4, -0.2) is 10.8 Å². The molecule has 2 rings (SSSR count). The summed E-state index contributed by atoms with van der Waals surface area (Å²) in [5.74, 6) is -1.16. The lowest BCUT2D eigenvalue weighted by Gasteiger charge is -2.02. The molecular weight excluding hydrogens is 229 g/mol. The Morgan fingerprint density at radius 2 is 1.94 bits per heavy atom. The number of hydrogen-bond donors (Lipinski definition) is 0. The predicted octanol–water partition coefficient (Wildman–Crippen LogP) is 3.11. The van der Waals surface area contributed by atoms with Crippen molar-refractivity contribution in [2.24, 2.45) is 0 Å². The van der Waals surface area contributed by atoms with Crippen molar-refractivity contribution in [3.05, 3.63) is 64.7 Å². The molecule has 0 bridgehead atoms. The van der Waals surface area contributed by atoms with Crippen molar-refractivity contribution >= 4 is 17.4 Å². The minimum absolute atomic E-state index is 0.212. The lowest BCUT2D eigenvalue weighted by molar-refractivity contribution is 0.103. The molecule has 0 saturated carbocycles. The molecule has 0 unspecified atom stereocenters. The van der Waals surface area contributed by atoms with Crippen LogP contribution in [0.4, 0.5) is 4.39 Å². The van der Waals surface area contributed by atoms with E-state index in [2.05, 4.69) is 4.98 Å². The van der Waals surface area contributed by atoms with Gasteiger partial charge in [0.05, 0.1) is 5.02 Å². The molecule has 1 aromatic heterocycles. The van der Waals surface area contributed by atoms with Gasteiger partial charge in [-0.05, 0) is 24.3 Å². The van der Waals surface area contributed by atoms with E-state index in [-0.39, 0.29) is 16.3 Å². The minimum Gasteiger partial charge on any atom is -0.287 e. The number of nitrogens with zero attached hydrogens (tertiary/aromatic N) is 1. The Morgan fingerprint density at radius 3 is 2.62 bits per heavy atom. The Bertz CT molecular complexity index is 495. The molecule has 0 atom stereocenters. The van der Waals surface area contributed by atoms with Crippen molar-refractivity contribution in [3.63, 3.8) is 0 Å². The van der Waals surface area contributed by atoms with Gasteiger partial charge in [-0.1, -0.05) is 23.7 Å². The fourth-order valence-electron chi connectivity index (χ4n) is 1.33. The number of benzene rings is 1. The number of carbonyl (C=O) groups excluding carboxylic acids is 1. The smallest absolute Gasteiger partial charge is 0.215 e. The molecule has 0 amide bonds. The van der Waals surface area contributed by atoms with Crippen LogP contribution in [0.3, 0.4) is 0 Å². The van der Waals surface area contributed by atoms with E-state index in [1.807, 2.05) is 0 Å². The molecule has 80 valence electrons. The first-order valence-electron chi connectivity index (χ1n) is 4.60. The first kappa shape index (κ1) is 10.8. The van der Waals surface area contributed by atoms with E-state index < -0.39 is 11.6 Å². The highest BCUT2D eigenvalue weighted by atomic mass is 35.5. The number of rotatable bonds is 2. The van der Waals surface area contributed by atoms with E-state index in [0.29, 0.717) is 0 Å². The Morgan fingerprint density at radius 1 is 1.19 bits per heavy atom. The van der Waals surface area contributed by atoms with Gasteiger partial charge >= 0.3 is 0 Å². The fraction of sp³-hybridized carbons (Fsp3) is 0. The molecule has 0 spiro atoms. The van der Waals surface area contributed by atoms with Crippen LogP contribution in [0.1, 0.15) is 16.1 Å². The number of hydrogen-bond acceptors (Lipinski definition) is 2. The third-order valence-corrected chi connectivity index (χ3v) is 2.42. The SMILES string of the molecule is O=C(c1ccccc1Cl)c1ncccc1F. The maximum absolute atomic E-state index is 13.3. The lowest BCUT2D eigenvalue weighted by atomic mass is 10.1. The first-order chi connectivity index (χ1) is 7.70. The molecule has 4 heteroatoms. The molecule has 0 saturated heterocycles. The number of carbonyl (C=O) groups is 1. The quantitative estimate of drug-likeness (QED) is 0.749. The maximum Gasteiger partial charge on any atom is 0.215 e. The summed E-state index contributed by atoms with van der Waals surface area (Å²) in [6, 6.07) is 9.11. The number of aromatic nitrogens is 1. The summed E-state index contributed by atoms with van der Waals surface area (Å²) >= 11 is 5.85. The summed E-state index contributed by atoms with van der Waals surface area (Å²) in [4.78, 5) is 15.6. The summed E-state index contributed by atoms with van der Waals surface area (Å²) in [7, 11) is 0. The first-order valence-corrected chi connectivity index (χ1v) is 4.97. The summed E-state index contributed by atoms with van der Waals surface area (Å²) < 4.78 is 13.3. The number of halogens is 2. The van der Waals surface area contributed by atoms with Gasteiger partial charge in [-0.25, -0.2) is 9.37 Å². The molecule has 0 aliphatic carbocycles. The molecule has 1 heterocycles. The summed E-state index contributed by atoms with van der Waals surface area (Å²) in [5.41, 5.74) is 0.0392. The van der Waals surface area contributed by atoms with E-state index in [1.54, 1.807) is 24.3 Å². The topological polar surface area (TPSA) is 30.0 Å². The van der Waals surface area contributed by atoms with Crippen molar-refractivity contribution in [1.29, 1.82) is 0 Å². The van der Waals surface area contributed by atoms with E-state index in [0.717, 1.165) is 0 Å². The van der Waals surface area contributed by atoms with E-state index in [9.17, 15) is 9.18 Å². The summed E-state index contributed by atoms with van der Waals surface area (Å²) in [6.45, 7) is 0. The van der Waals surface area contributed by atoms with E-state index >= 15 is 0 Å². The normalized spacial score (nSPS) is 10.1. The van der Waals surface area contributed by atoms with Gasteiger partial charge in [0.1, 0.15) is 5.69 Å². The van der Waals surface area contributed by atoms with Gasteiger partial charge in [0.25, 0.3) is 0 Å². The zero-order valence-corrected chi connectivity index (χ0v) is 8.91. The van der Waals surface area contributed by atoms with Crippen molar-refractivity contribution in [2.45, 2.75) is 0 Å². The Hall–Kier alpha value is -1.74. The molecule has 0 aliphatic rings. The highest BCUT2D eigenvalue weighted by Crippen LogP contribution is 2.19. The molecule has 0 aliphatic heterocycles. The number of pyridine rings is 1. The Kier molecular flexibility index (Phi) is 2.97. The average molecular weight is 236 g/mol. The van der Waals surface area contributed by atoms with Gasteiger partial charge in [0.2, 0.25) is 5.78 Å². The second-order valence-electron chi connectivity index (χ2n) is 3.14. The van der Waals surface area contributed by atoms with Crippen LogP contribution < -0.4 is 0 Å². The standard InChI is InChI=1S/C12H7ClFNO/c13-9-5-2-1-4-8(9)12(16)11-10(14)6-3-7-15-11/h1-7H. The second kappa shape index (κ2) is 4.41. The molecule has 0 radical (unpaired) electrons. The predicted molar refractivity (Wildman–Crippen MR) is 59.1 cm³/mol.